The molecule has 0 bridgehead atoms. The molecule has 0 unspecified atom stereocenters. The summed E-state index contributed by atoms with van der Waals surface area (Å²) >= 11 is 0. The van der Waals surface area contributed by atoms with Crippen molar-refractivity contribution in [2.45, 2.75) is 19.4 Å². The lowest BCUT2D eigenvalue weighted by atomic mass is 10.1. The number of fused-ring (bicyclic) bond motifs is 3. The van der Waals surface area contributed by atoms with Gasteiger partial charge in [0.1, 0.15) is 5.75 Å². The predicted octanol–water partition coefficient (Wildman–Crippen LogP) is 4.84. The van der Waals surface area contributed by atoms with Crippen LogP contribution in [0.1, 0.15) is 12.1 Å². The highest BCUT2D eigenvalue weighted by atomic mass is 19.1. The zero-order valence-electron chi connectivity index (χ0n) is 16.6. The fourth-order valence-corrected chi connectivity index (χ4v) is 4.19. The van der Waals surface area contributed by atoms with E-state index in [1.807, 2.05) is 18.2 Å². The third-order valence-corrected chi connectivity index (χ3v) is 5.50. The maximum Gasteiger partial charge on any atom is 0.307 e. The van der Waals surface area contributed by atoms with E-state index in [-0.39, 0.29) is 17.4 Å². The molecule has 2 aromatic heterocycles. The van der Waals surface area contributed by atoms with Crippen molar-refractivity contribution >= 4 is 28.2 Å². The van der Waals surface area contributed by atoms with E-state index in [4.69, 9.17) is 4.74 Å². The van der Waals surface area contributed by atoms with Crippen LogP contribution >= 0.6 is 0 Å². The number of nitro benzene ring substituents is 1. The fraction of sp³-hybridized carbons (Fsp3) is 0.182. The van der Waals surface area contributed by atoms with Crippen LogP contribution < -0.4 is 10.1 Å². The van der Waals surface area contributed by atoms with Crippen molar-refractivity contribution in [3.05, 3.63) is 70.3 Å². The smallest absolute Gasteiger partial charge is 0.307 e. The first kappa shape index (κ1) is 19.0. The normalized spacial score (nSPS) is 12.7. The van der Waals surface area contributed by atoms with E-state index in [0.717, 1.165) is 48.2 Å². The molecule has 3 heterocycles. The number of halogens is 1. The van der Waals surface area contributed by atoms with E-state index in [9.17, 15) is 14.5 Å². The first-order valence-electron chi connectivity index (χ1n) is 9.79. The van der Waals surface area contributed by atoms with E-state index < -0.39 is 16.4 Å². The molecule has 8 nitrogen and oxygen atoms in total. The van der Waals surface area contributed by atoms with Crippen LogP contribution in [0.3, 0.4) is 0 Å². The Hall–Kier alpha value is -4.01. The highest BCUT2D eigenvalue weighted by Gasteiger charge is 2.23. The number of methoxy groups -OCH3 is 1. The maximum absolute atomic E-state index is 13.9. The molecule has 5 rings (SSSR count). The van der Waals surface area contributed by atoms with Crippen molar-refractivity contribution < 1.29 is 14.1 Å². The molecule has 0 radical (unpaired) electrons. The molecular weight excluding hydrogens is 401 g/mol. The predicted molar refractivity (Wildman–Crippen MR) is 114 cm³/mol. The lowest BCUT2D eigenvalue weighted by Crippen LogP contribution is -2.02. The number of anilines is 2. The van der Waals surface area contributed by atoms with Crippen LogP contribution in [0.2, 0.25) is 0 Å². The molecule has 0 aliphatic carbocycles. The molecule has 1 N–H and O–H groups in total. The zero-order valence-corrected chi connectivity index (χ0v) is 16.6. The van der Waals surface area contributed by atoms with Crippen molar-refractivity contribution in [3.63, 3.8) is 0 Å². The molecule has 0 saturated carbocycles. The van der Waals surface area contributed by atoms with Crippen LogP contribution in [-0.2, 0) is 13.0 Å². The average Bonchev–Trinajstić information content (AvgIpc) is 3.35. The number of nitrogens with one attached hydrogen (secondary N) is 1. The third-order valence-electron chi connectivity index (χ3n) is 5.50. The molecule has 1 aliphatic rings. The molecule has 1 aliphatic heterocycles. The van der Waals surface area contributed by atoms with Crippen LogP contribution in [0.15, 0.2) is 48.7 Å². The molecule has 2 aromatic carbocycles. The molecular formula is C22H18FN5O3. The number of aryl methyl sites for hydroxylation is 1. The quantitative estimate of drug-likeness (QED) is 0.367. The van der Waals surface area contributed by atoms with Gasteiger partial charge in [0, 0.05) is 47.0 Å². The highest BCUT2D eigenvalue weighted by Crippen LogP contribution is 2.38. The summed E-state index contributed by atoms with van der Waals surface area (Å²) < 4.78 is 21.4. The highest BCUT2D eigenvalue weighted by molar-refractivity contribution is 5.97. The monoisotopic (exact) mass is 419 g/mol. The van der Waals surface area contributed by atoms with Crippen LogP contribution in [-0.4, -0.2) is 26.6 Å². The topological polar surface area (TPSA) is 95.1 Å². The van der Waals surface area contributed by atoms with Gasteiger partial charge >= 0.3 is 5.69 Å². The summed E-state index contributed by atoms with van der Waals surface area (Å²) in [5, 5.41) is 15.2. The number of para-hydroxylation sites is 1. The van der Waals surface area contributed by atoms with Gasteiger partial charge in [-0.15, -0.1) is 0 Å². The van der Waals surface area contributed by atoms with Gasteiger partial charge in [-0.3, -0.25) is 10.1 Å². The summed E-state index contributed by atoms with van der Waals surface area (Å²) in [5.41, 5.74) is 3.78. The van der Waals surface area contributed by atoms with Crippen LogP contribution in [0, 0.1) is 15.9 Å². The van der Waals surface area contributed by atoms with Gasteiger partial charge in [-0.2, -0.15) is 4.39 Å². The number of nitro groups is 1. The molecule has 0 fully saturated rings. The first-order chi connectivity index (χ1) is 15.1. The van der Waals surface area contributed by atoms with Crippen LogP contribution in [0.5, 0.6) is 5.75 Å². The summed E-state index contributed by atoms with van der Waals surface area (Å²) in [5.74, 6) is -0.621. The van der Waals surface area contributed by atoms with Crippen molar-refractivity contribution in [2.75, 3.05) is 12.4 Å². The lowest BCUT2D eigenvalue weighted by molar-refractivity contribution is -0.387. The summed E-state index contributed by atoms with van der Waals surface area (Å²) in [6, 6.07) is 12.1. The largest absolute Gasteiger partial charge is 0.494 e. The zero-order chi connectivity index (χ0) is 21.5. The molecule has 0 spiro atoms. The molecule has 9 heteroatoms. The first-order valence-corrected chi connectivity index (χ1v) is 9.79. The molecule has 4 aromatic rings. The van der Waals surface area contributed by atoms with Gasteiger partial charge in [0.05, 0.1) is 23.4 Å². The fourth-order valence-electron chi connectivity index (χ4n) is 4.19. The minimum Gasteiger partial charge on any atom is -0.494 e. The third kappa shape index (κ3) is 3.14. The summed E-state index contributed by atoms with van der Waals surface area (Å²) in [6.45, 7) is 0.975. The maximum atomic E-state index is 13.9. The second kappa shape index (κ2) is 7.35. The molecule has 0 amide bonds. The van der Waals surface area contributed by atoms with Crippen LogP contribution in [0.4, 0.5) is 21.7 Å². The minimum atomic E-state index is -0.974. The van der Waals surface area contributed by atoms with Gasteiger partial charge in [0.2, 0.25) is 11.8 Å². The number of rotatable bonds is 5. The van der Waals surface area contributed by atoms with Crippen molar-refractivity contribution in [3.8, 4) is 17.0 Å². The molecule has 156 valence electrons. The van der Waals surface area contributed by atoms with Crippen molar-refractivity contribution in [1.29, 1.82) is 0 Å². The van der Waals surface area contributed by atoms with Crippen molar-refractivity contribution in [2.24, 2.45) is 0 Å². The Labute approximate surface area is 176 Å². The second-order valence-electron chi connectivity index (χ2n) is 7.25. The second-order valence-corrected chi connectivity index (χ2v) is 7.25. The van der Waals surface area contributed by atoms with E-state index >= 15 is 0 Å². The number of hydrogen-bond donors (Lipinski definition) is 1. The average molecular weight is 419 g/mol. The number of aromatic nitrogens is 3. The Bertz CT molecular complexity index is 1330. The molecule has 0 saturated heterocycles. The van der Waals surface area contributed by atoms with E-state index in [1.54, 1.807) is 6.20 Å². The molecule has 31 heavy (non-hydrogen) atoms. The van der Waals surface area contributed by atoms with Gasteiger partial charge in [0.25, 0.3) is 0 Å². The Morgan fingerprint density at radius 1 is 1.26 bits per heavy atom. The Morgan fingerprint density at radius 2 is 2.10 bits per heavy atom. The van der Waals surface area contributed by atoms with Gasteiger partial charge in [-0.25, -0.2) is 9.97 Å². The molecule has 0 atom stereocenters. The number of benzene rings is 2. The van der Waals surface area contributed by atoms with Gasteiger partial charge in [-0.1, -0.05) is 18.2 Å². The summed E-state index contributed by atoms with van der Waals surface area (Å²) in [6.07, 6.45) is 3.68. The van der Waals surface area contributed by atoms with E-state index in [0.29, 0.717) is 0 Å². The lowest BCUT2D eigenvalue weighted by Gasteiger charge is -2.11. The Balaban J connectivity index is 1.59. The standard InChI is InChI=1S/C22H18FN5O3/c1-31-20-11-14(23)19(28(29)30)12-16(20)26-22-24-9-8-15(25-22)21-13-5-2-3-6-17(13)27-10-4-7-18(21)27/h2-3,5-6,8-9,11-12H,4,7,10H2,1H3,(H,24,25,26). The van der Waals surface area contributed by atoms with Gasteiger partial charge in [0.15, 0.2) is 0 Å². The summed E-state index contributed by atoms with van der Waals surface area (Å²) in [4.78, 5) is 19.2. The Kier molecular flexibility index (Phi) is 4.50. The van der Waals surface area contributed by atoms with E-state index in [2.05, 4.69) is 32.0 Å². The van der Waals surface area contributed by atoms with Gasteiger partial charge in [-0.05, 0) is 25.0 Å². The summed E-state index contributed by atoms with van der Waals surface area (Å²) in [7, 11) is 1.36. The SMILES string of the molecule is COc1cc(F)c([N+](=O)[O-])cc1Nc1nccc(-c2c3n(c4ccccc24)CCC3)n1. The number of nitrogens with zero attached hydrogens (tertiary/aromatic N) is 4. The van der Waals surface area contributed by atoms with Crippen LogP contribution in [0.25, 0.3) is 22.2 Å². The van der Waals surface area contributed by atoms with E-state index in [1.165, 1.54) is 18.3 Å². The Morgan fingerprint density at radius 3 is 2.90 bits per heavy atom. The number of ether oxygens (including phenoxy) is 1. The van der Waals surface area contributed by atoms with Gasteiger partial charge < -0.3 is 14.6 Å². The van der Waals surface area contributed by atoms with Crippen molar-refractivity contribution in [1.82, 2.24) is 14.5 Å². The number of hydrogen-bond acceptors (Lipinski definition) is 6. The minimum absolute atomic E-state index is 0.118.